The monoisotopic (exact) mass is 422 g/mol. The van der Waals surface area contributed by atoms with Crippen LogP contribution in [-0.4, -0.2) is 33.4 Å². The largest absolute Gasteiger partial charge is 0.408 e. The van der Waals surface area contributed by atoms with Crippen LogP contribution >= 0.6 is 11.3 Å². The Morgan fingerprint density at radius 1 is 1.24 bits per heavy atom. The summed E-state index contributed by atoms with van der Waals surface area (Å²) in [4.78, 5) is 28.5. The van der Waals surface area contributed by atoms with Crippen molar-refractivity contribution in [3.63, 3.8) is 0 Å². The van der Waals surface area contributed by atoms with Crippen LogP contribution in [0.1, 0.15) is 29.4 Å². The average molecular weight is 422 g/mol. The van der Waals surface area contributed by atoms with E-state index in [1.807, 2.05) is 5.32 Å². The molecule has 1 aliphatic rings. The molecule has 0 aliphatic heterocycles. The van der Waals surface area contributed by atoms with E-state index in [4.69, 9.17) is 0 Å². The summed E-state index contributed by atoms with van der Waals surface area (Å²) >= 11 is 1.07. The van der Waals surface area contributed by atoms with Gasteiger partial charge in [-0.05, 0) is 54.5 Å². The van der Waals surface area contributed by atoms with Gasteiger partial charge in [-0.1, -0.05) is 0 Å². The van der Waals surface area contributed by atoms with Gasteiger partial charge in [-0.15, -0.1) is 11.3 Å². The van der Waals surface area contributed by atoms with Crippen molar-refractivity contribution >= 4 is 34.6 Å². The van der Waals surface area contributed by atoms with Crippen LogP contribution in [0.2, 0.25) is 0 Å². The molecule has 0 bridgehead atoms. The van der Waals surface area contributed by atoms with E-state index >= 15 is 0 Å². The summed E-state index contributed by atoms with van der Waals surface area (Å²) in [5.41, 5.74) is 2.13. The Kier molecular flexibility index (Phi) is 4.81. The molecular formula is C19H17F3N4O2S. The molecule has 2 amide bonds. The molecule has 3 heterocycles. The summed E-state index contributed by atoms with van der Waals surface area (Å²) in [6.07, 6.45) is 0.800. The minimum atomic E-state index is -4.49. The van der Waals surface area contributed by atoms with Crippen LogP contribution in [0.5, 0.6) is 0 Å². The number of thiophene rings is 1. The second-order valence-corrected chi connectivity index (χ2v) is 7.92. The Balaban J connectivity index is 1.51. The number of carbonyl (C=O) groups is 2. The summed E-state index contributed by atoms with van der Waals surface area (Å²) in [6.45, 7) is 0.902. The van der Waals surface area contributed by atoms with Gasteiger partial charge >= 0.3 is 6.18 Å². The number of rotatable bonds is 5. The minimum Gasteiger partial charge on any atom is -0.340 e. The SMILES string of the molecule is C[C@H](NC(=O)c1cc(-c2ccc3nc(NC(=O)C4CC4)cn3c2)cs1)C(F)(F)F. The summed E-state index contributed by atoms with van der Waals surface area (Å²) < 4.78 is 39.6. The van der Waals surface area contributed by atoms with Crippen LogP contribution in [0, 0.1) is 5.92 Å². The summed E-state index contributed by atoms with van der Waals surface area (Å²) in [5, 5.41) is 6.45. The number of nitrogens with zero attached hydrogens (tertiary/aromatic N) is 2. The average Bonchev–Trinajstić information content (AvgIpc) is 3.25. The second-order valence-electron chi connectivity index (χ2n) is 7.01. The number of halogens is 3. The molecule has 0 saturated heterocycles. The standard InChI is InChI=1S/C19H17F3N4O2S/c1-10(19(20,21)22)23-18(28)14-6-13(9-29-14)12-4-5-16-24-15(8-26(16)7-12)25-17(27)11-2-3-11/h4-11H,2-3H2,1H3,(H,23,28)(H,25,27)/t10-/m0/s1. The first kappa shape index (κ1) is 19.4. The number of nitrogens with one attached hydrogen (secondary N) is 2. The minimum absolute atomic E-state index is 0.0322. The molecule has 0 radical (unpaired) electrons. The number of hydrogen-bond donors (Lipinski definition) is 2. The van der Waals surface area contributed by atoms with Crippen LogP contribution in [0.25, 0.3) is 16.8 Å². The fraction of sp³-hybridized carbons (Fsp3) is 0.316. The lowest BCUT2D eigenvalue weighted by atomic mass is 10.1. The smallest absolute Gasteiger partial charge is 0.340 e. The molecule has 152 valence electrons. The molecule has 1 aliphatic carbocycles. The van der Waals surface area contributed by atoms with E-state index in [9.17, 15) is 22.8 Å². The van der Waals surface area contributed by atoms with Crippen molar-refractivity contribution in [2.45, 2.75) is 32.0 Å². The first-order valence-corrected chi connectivity index (χ1v) is 9.85. The molecule has 0 spiro atoms. The normalized spacial score (nSPS) is 15.3. The molecule has 1 saturated carbocycles. The second kappa shape index (κ2) is 7.18. The predicted octanol–water partition coefficient (Wildman–Crippen LogP) is 4.09. The van der Waals surface area contributed by atoms with Gasteiger partial charge in [0.25, 0.3) is 5.91 Å². The third-order valence-electron chi connectivity index (χ3n) is 4.65. The first-order chi connectivity index (χ1) is 13.7. The van der Waals surface area contributed by atoms with Gasteiger partial charge in [0, 0.05) is 12.1 Å². The molecule has 6 nitrogen and oxygen atoms in total. The zero-order chi connectivity index (χ0) is 20.8. The number of fused-ring (bicyclic) bond motifs is 1. The highest BCUT2D eigenvalue weighted by atomic mass is 32.1. The van der Waals surface area contributed by atoms with E-state index in [-0.39, 0.29) is 16.7 Å². The van der Waals surface area contributed by atoms with Gasteiger partial charge in [-0.2, -0.15) is 13.2 Å². The van der Waals surface area contributed by atoms with E-state index in [1.54, 1.807) is 40.4 Å². The van der Waals surface area contributed by atoms with Gasteiger partial charge in [0.05, 0.1) is 11.1 Å². The van der Waals surface area contributed by atoms with Crippen LogP contribution in [0.15, 0.2) is 36.0 Å². The molecule has 4 rings (SSSR count). The Hall–Kier alpha value is -2.88. The number of carbonyl (C=O) groups excluding carboxylic acids is 2. The third kappa shape index (κ3) is 4.26. The maximum absolute atomic E-state index is 12.6. The van der Waals surface area contributed by atoms with E-state index in [2.05, 4.69) is 10.3 Å². The van der Waals surface area contributed by atoms with Crippen LogP contribution in [0.4, 0.5) is 19.0 Å². The summed E-state index contributed by atoms with van der Waals surface area (Å²) in [7, 11) is 0. The Morgan fingerprint density at radius 3 is 2.69 bits per heavy atom. The fourth-order valence-corrected chi connectivity index (χ4v) is 3.57. The summed E-state index contributed by atoms with van der Waals surface area (Å²) in [6, 6.07) is 3.20. The van der Waals surface area contributed by atoms with Crippen LogP contribution in [-0.2, 0) is 4.79 Å². The third-order valence-corrected chi connectivity index (χ3v) is 5.57. The highest BCUT2D eigenvalue weighted by Crippen LogP contribution is 2.30. The van der Waals surface area contributed by atoms with Crippen molar-refractivity contribution in [1.29, 1.82) is 0 Å². The number of amides is 2. The van der Waals surface area contributed by atoms with E-state index in [0.29, 0.717) is 17.0 Å². The zero-order valence-electron chi connectivity index (χ0n) is 15.3. The van der Waals surface area contributed by atoms with Crippen molar-refractivity contribution in [3.05, 3.63) is 40.8 Å². The Morgan fingerprint density at radius 2 is 2.00 bits per heavy atom. The van der Waals surface area contributed by atoms with Crippen LogP contribution in [0.3, 0.4) is 0 Å². The molecule has 3 aromatic heterocycles. The van der Waals surface area contributed by atoms with Gasteiger partial charge in [0.2, 0.25) is 5.91 Å². The zero-order valence-corrected chi connectivity index (χ0v) is 16.1. The lowest BCUT2D eigenvalue weighted by Gasteiger charge is -2.16. The molecule has 3 aromatic rings. The molecule has 2 N–H and O–H groups in total. The number of alkyl halides is 3. The van der Waals surface area contributed by atoms with Gasteiger partial charge in [0.1, 0.15) is 11.7 Å². The molecular weight excluding hydrogens is 405 g/mol. The van der Waals surface area contributed by atoms with Crippen LogP contribution < -0.4 is 10.6 Å². The number of aromatic nitrogens is 2. The molecule has 1 atom stereocenters. The van der Waals surface area contributed by atoms with Crippen molar-refractivity contribution in [1.82, 2.24) is 14.7 Å². The highest BCUT2D eigenvalue weighted by Gasteiger charge is 2.37. The molecule has 0 unspecified atom stereocenters. The Labute approximate surface area is 167 Å². The van der Waals surface area contributed by atoms with E-state index in [1.165, 1.54) is 0 Å². The molecule has 0 aromatic carbocycles. The van der Waals surface area contributed by atoms with Crippen molar-refractivity contribution in [3.8, 4) is 11.1 Å². The molecule has 1 fully saturated rings. The maximum atomic E-state index is 12.6. The summed E-state index contributed by atoms with van der Waals surface area (Å²) in [5.74, 6) is -0.258. The van der Waals surface area contributed by atoms with E-state index in [0.717, 1.165) is 36.7 Å². The Bertz CT molecular complexity index is 1080. The van der Waals surface area contributed by atoms with Gasteiger partial charge < -0.3 is 15.0 Å². The van der Waals surface area contributed by atoms with Gasteiger partial charge in [-0.3, -0.25) is 9.59 Å². The molecule has 10 heteroatoms. The maximum Gasteiger partial charge on any atom is 0.408 e. The van der Waals surface area contributed by atoms with E-state index < -0.39 is 18.1 Å². The van der Waals surface area contributed by atoms with Crippen molar-refractivity contribution in [2.75, 3.05) is 5.32 Å². The van der Waals surface area contributed by atoms with Gasteiger partial charge in [-0.25, -0.2) is 4.98 Å². The quantitative estimate of drug-likeness (QED) is 0.650. The topological polar surface area (TPSA) is 75.5 Å². The van der Waals surface area contributed by atoms with Crippen molar-refractivity contribution in [2.24, 2.45) is 5.92 Å². The first-order valence-electron chi connectivity index (χ1n) is 8.97. The lowest BCUT2D eigenvalue weighted by Crippen LogP contribution is -2.42. The number of pyridine rings is 1. The van der Waals surface area contributed by atoms with Gasteiger partial charge in [0.15, 0.2) is 5.82 Å². The molecule has 29 heavy (non-hydrogen) atoms. The number of imidazole rings is 1. The fourth-order valence-electron chi connectivity index (χ4n) is 2.75. The highest BCUT2D eigenvalue weighted by molar-refractivity contribution is 7.12. The predicted molar refractivity (Wildman–Crippen MR) is 103 cm³/mol. The lowest BCUT2D eigenvalue weighted by molar-refractivity contribution is -0.149. The number of hydrogen-bond acceptors (Lipinski definition) is 4. The van der Waals surface area contributed by atoms with Crippen molar-refractivity contribution < 1.29 is 22.8 Å². The number of anilines is 1.